The average Bonchev–Trinajstić information content (AvgIpc) is 2.74. The van der Waals surface area contributed by atoms with Gasteiger partial charge in [-0.1, -0.05) is 18.2 Å². The van der Waals surface area contributed by atoms with Crippen LogP contribution in [0.3, 0.4) is 0 Å². The highest BCUT2D eigenvalue weighted by molar-refractivity contribution is 5.79. The van der Waals surface area contributed by atoms with Crippen LogP contribution in [0.4, 0.5) is 17.2 Å². The summed E-state index contributed by atoms with van der Waals surface area (Å²) in [5, 5.41) is 3.33. The lowest BCUT2D eigenvalue weighted by molar-refractivity contribution is 1.05. The maximum atomic E-state index is 4.35. The number of pyridine rings is 1. The standard InChI is InChI=1S/C12H11N3/c1-2-6-11-10(5-1)14-9-15(11)12-7-3-4-8-13-12/h1-8,14H,9H2. The molecule has 0 fully saturated rings. The number of nitrogens with zero attached hydrogens (tertiary/aromatic N) is 2. The lowest BCUT2D eigenvalue weighted by Gasteiger charge is -2.16. The fraction of sp³-hybridized carbons (Fsp3) is 0.0833. The molecule has 1 N–H and O–H groups in total. The highest BCUT2D eigenvalue weighted by Crippen LogP contribution is 2.34. The monoisotopic (exact) mass is 197 g/mol. The number of nitrogens with one attached hydrogen (secondary N) is 1. The van der Waals surface area contributed by atoms with Gasteiger partial charge in [-0.2, -0.15) is 0 Å². The van der Waals surface area contributed by atoms with Gasteiger partial charge in [0, 0.05) is 6.20 Å². The molecule has 1 aromatic carbocycles. The van der Waals surface area contributed by atoms with Crippen molar-refractivity contribution in [2.45, 2.75) is 0 Å². The molecule has 0 radical (unpaired) electrons. The summed E-state index contributed by atoms with van der Waals surface area (Å²) in [6, 6.07) is 14.2. The molecule has 0 unspecified atom stereocenters. The first-order valence-electron chi connectivity index (χ1n) is 4.96. The van der Waals surface area contributed by atoms with E-state index in [1.165, 1.54) is 11.4 Å². The van der Waals surface area contributed by atoms with Gasteiger partial charge in [0.05, 0.1) is 18.0 Å². The van der Waals surface area contributed by atoms with Gasteiger partial charge in [-0.15, -0.1) is 0 Å². The highest BCUT2D eigenvalue weighted by atomic mass is 15.3. The molecule has 0 atom stereocenters. The van der Waals surface area contributed by atoms with Crippen molar-refractivity contribution >= 4 is 17.2 Å². The number of hydrogen-bond acceptors (Lipinski definition) is 3. The Morgan fingerprint density at radius 2 is 1.93 bits per heavy atom. The molecular formula is C12H11N3. The molecule has 2 aromatic rings. The van der Waals surface area contributed by atoms with Crippen molar-refractivity contribution in [3.63, 3.8) is 0 Å². The molecule has 0 saturated heterocycles. The van der Waals surface area contributed by atoms with Gasteiger partial charge in [-0.3, -0.25) is 0 Å². The summed E-state index contributed by atoms with van der Waals surface area (Å²) in [5.74, 6) is 0.981. The summed E-state index contributed by atoms with van der Waals surface area (Å²) in [4.78, 5) is 6.51. The van der Waals surface area contributed by atoms with Crippen LogP contribution in [0.25, 0.3) is 0 Å². The second-order valence-electron chi connectivity index (χ2n) is 3.47. The lowest BCUT2D eigenvalue weighted by atomic mass is 10.2. The molecule has 3 heteroatoms. The van der Waals surface area contributed by atoms with Gasteiger partial charge in [-0.05, 0) is 24.3 Å². The highest BCUT2D eigenvalue weighted by Gasteiger charge is 2.19. The number of fused-ring (bicyclic) bond motifs is 1. The Hall–Kier alpha value is -2.03. The summed E-state index contributed by atoms with van der Waals surface area (Å²) in [5.41, 5.74) is 2.36. The Labute approximate surface area is 88.4 Å². The van der Waals surface area contributed by atoms with Gasteiger partial charge in [0.2, 0.25) is 0 Å². The third-order valence-electron chi connectivity index (χ3n) is 2.55. The van der Waals surface area contributed by atoms with Crippen molar-refractivity contribution in [1.82, 2.24) is 4.98 Å². The minimum atomic E-state index is 0.788. The predicted molar refractivity (Wildman–Crippen MR) is 61.3 cm³/mol. The molecule has 0 spiro atoms. The molecule has 1 aliphatic heterocycles. The Kier molecular flexibility index (Phi) is 1.81. The van der Waals surface area contributed by atoms with E-state index in [0.717, 1.165) is 12.5 Å². The number of aromatic nitrogens is 1. The Balaban J connectivity index is 2.05. The van der Waals surface area contributed by atoms with Crippen LogP contribution in [0.15, 0.2) is 48.7 Å². The van der Waals surface area contributed by atoms with E-state index in [-0.39, 0.29) is 0 Å². The first-order chi connectivity index (χ1) is 7.45. The molecule has 0 aliphatic carbocycles. The molecule has 0 amide bonds. The lowest BCUT2D eigenvalue weighted by Crippen LogP contribution is -2.17. The third kappa shape index (κ3) is 1.32. The first kappa shape index (κ1) is 8.29. The number of anilines is 3. The Morgan fingerprint density at radius 1 is 1.07 bits per heavy atom. The smallest absolute Gasteiger partial charge is 0.134 e. The van der Waals surface area contributed by atoms with Crippen molar-refractivity contribution in [2.75, 3.05) is 16.9 Å². The molecule has 1 aromatic heterocycles. The zero-order valence-corrected chi connectivity index (χ0v) is 8.22. The summed E-state index contributed by atoms with van der Waals surface area (Å²) >= 11 is 0. The first-order valence-corrected chi connectivity index (χ1v) is 4.96. The molecule has 0 saturated carbocycles. The van der Waals surface area contributed by atoms with Crippen molar-refractivity contribution in [1.29, 1.82) is 0 Å². The van der Waals surface area contributed by atoms with E-state index in [2.05, 4.69) is 27.3 Å². The molecule has 0 bridgehead atoms. The maximum Gasteiger partial charge on any atom is 0.134 e. The van der Waals surface area contributed by atoms with Gasteiger partial charge in [0.15, 0.2) is 0 Å². The molecule has 3 nitrogen and oxygen atoms in total. The topological polar surface area (TPSA) is 28.2 Å². The average molecular weight is 197 g/mol. The van der Waals surface area contributed by atoms with Crippen LogP contribution >= 0.6 is 0 Å². The summed E-state index contributed by atoms with van der Waals surface area (Å²) < 4.78 is 0. The number of benzene rings is 1. The molecule has 2 heterocycles. The zero-order valence-electron chi connectivity index (χ0n) is 8.22. The molecule has 15 heavy (non-hydrogen) atoms. The predicted octanol–water partition coefficient (Wildman–Crippen LogP) is 2.60. The molecule has 74 valence electrons. The van der Waals surface area contributed by atoms with Crippen LogP contribution in [-0.2, 0) is 0 Å². The minimum absolute atomic E-state index is 0.788. The largest absolute Gasteiger partial charge is 0.366 e. The van der Waals surface area contributed by atoms with E-state index < -0.39 is 0 Å². The van der Waals surface area contributed by atoms with E-state index in [1.807, 2.05) is 36.5 Å². The van der Waals surface area contributed by atoms with Crippen LogP contribution in [0.5, 0.6) is 0 Å². The van der Waals surface area contributed by atoms with Gasteiger partial charge < -0.3 is 10.2 Å². The number of rotatable bonds is 1. The third-order valence-corrected chi connectivity index (χ3v) is 2.55. The van der Waals surface area contributed by atoms with Crippen LogP contribution in [0, 0.1) is 0 Å². The minimum Gasteiger partial charge on any atom is -0.366 e. The van der Waals surface area contributed by atoms with E-state index in [9.17, 15) is 0 Å². The van der Waals surface area contributed by atoms with E-state index in [0.29, 0.717) is 0 Å². The van der Waals surface area contributed by atoms with Crippen molar-refractivity contribution < 1.29 is 0 Å². The van der Waals surface area contributed by atoms with Gasteiger partial charge in [-0.25, -0.2) is 4.98 Å². The van der Waals surface area contributed by atoms with Crippen molar-refractivity contribution in [3.8, 4) is 0 Å². The Morgan fingerprint density at radius 3 is 2.80 bits per heavy atom. The number of hydrogen-bond donors (Lipinski definition) is 1. The van der Waals surface area contributed by atoms with E-state index in [4.69, 9.17) is 0 Å². The van der Waals surface area contributed by atoms with Gasteiger partial charge in [0.25, 0.3) is 0 Å². The quantitative estimate of drug-likeness (QED) is 0.761. The van der Waals surface area contributed by atoms with Crippen LogP contribution in [0.2, 0.25) is 0 Å². The number of para-hydroxylation sites is 2. The molecule has 1 aliphatic rings. The van der Waals surface area contributed by atoms with E-state index in [1.54, 1.807) is 0 Å². The summed E-state index contributed by atoms with van der Waals surface area (Å²) in [6.45, 7) is 0.788. The second-order valence-corrected chi connectivity index (χ2v) is 3.47. The van der Waals surface area contributed by atoms with E-state index >= 15 is 0 Å². The van der Waals surface area contributed by atoms with Crippen LogP contribution in [0.1, 0.15) is 0 Å². The fourth-order valence-corrected chi connectivity index (χ4v) is 1.83. The van der Waals surface area contributed by atoms with Crippen LogP contribution in [-0.4, -0.2) is 11.7 Å². The van der Waals surface area contributed by atoms with Crippen LogP contribution < -0.4 is 10.2 Å². The zero-order chi connectivity index (χ0) is 10.1. The normalized spacial score (nSPS) is 13.5. The summed E-state index contributed by atoms with van der Waals surface area (Å²) in [7, 11) is 0. The van der Waals surface area contributed by atoms with Gasteiger partial charge in [0.1, 0.15) is 5.82 Å². The SMILES string of the molecule is c1ccc(N2CNc3ccccc32)nc1. The van der Waals surface area contributed by atoms with Gasteiger partial charge >= 0.3 is 0 Å². The Bertz CT molecular complexity index is 467. The second kappa shape index (κ2) is 3.28. The molecular weight excluding hydrogens is 186 g/mol. The fourth-order valence-electron chi connectivity index (χ4n) is 1.83. The summed E-state index contributed by atoms with van der Waals surface area (Å²) in [6.07, 6.45) is 1.82. The molecule has 3 rings (SSSR count). The maximum absolute atomic E-state index is 4.35. The van der Waals surface area contributed by atoms with Crippen molar-refractivity contribution in [3.05, 3.63) is 48.7 Å². The van der Waals surface area contributed by atoms with Crippen molar-refractivity contribution in [2.24, 2.45) is 0 Å².